The summed E-state index contributed by atoms with van der Waals surface area (Å²) in [5.74, 6) is 1.63. The molecule has 0 spiro atoms. The number of benzene rings is 1. The first-order valence-electron chi connectivity index (χ1n) is 6.14. The zero-order valence-electron chi connectivity index (χ0n) is 11.1. The van der Waals surface area contributed by atoms with Crippen LogP contribution in [0.1, 0.15) is 31.3 Å². The average Bonchev–Trinajstić information content (AvgIpc) is 2.39. The Morgan fingerprint density at radius 2 is 2.20 bits per heavy atom. The van der Waals surface area contributed by atoms with Crippen molar-refractivity contribution in [3.8, 4) is 0 Å². The fourth-order valence-electron chi connectivity index (χ4n) is 1.68. The monoisotopic (exact) mass is 464 g/mol. The van der Waals surface area contributed by atoms with E-state index in [1.165, 1.54) is 0 Å². The Labute approximate surface area is 144 Å². The summed E-state index contributed by atoms with van der Waals surface area (Å²) >= 11 is 7.17. The number of thioether (sulfide) groups is 1. The second-order valence-electron chi connectivity index (χ2n) is 4.61. The predicted molar refractivity (Wildman–Crippen MR) is 95.4 cm³/mol. The Balaban J connectivity index is 2.20. The van der Waals surface area contributed by atoms with Gasteiger partial charge in [-0.05, 0) is 46.7 Å². The van der Waals surface area contributed by atoms with Crippen LogP contribution in [0.15, 0.2) is 38.4 Å². The van der Waals surface area contributed by atoms with Gasteiger partial charge in [0.25, 0.3) is 5.56 Å². The van der Waals surface area contributed by atoms with Crippen LogP contribution in [0.2, 0.25) is 0 Å². The lowest BCUT2D eigenvalue weighted by atomic mass is 10.1. The lowest BCUT2D eigenvalue weighted by Crippen LogP contribution is -2.18. The van der Waals surface area contributed by atoms with Gasteiger partial charge in [0.15, 0.2) is 0 Å². The van der Waals surface area contributed by atoms with E-state index in [2.05, 4.69) is 68.4 Å². The smallest absolute Gasteiger partial charge is 0.264 e. The summed E-state index contributed by atoms with van der Waals surface area (Å²) in [6, 6.07) is 8.09. The van der Waals surface area contributed by atoms with Crippen LogP contribution in [0.5, 0.6) is 0 Å². The van der Waals surface area contributed by atoms with E-state index in [1.807, 2.05) is 18.2 Å². The fourth-order valence-corrected chi connectivity index (χ4v) is 3.94. The Morgan fingerprint density at radius 1 is 1.45 bits per heavy atom. The average molecular weight is 465 g/mol. The Hall–Kier alpha value is -0.340. The van der Waals surface area contributed by atoms with E-state index in [0.717, 1.165) is 20.9 Å². The van der Waals surface area contributed by atoms with Crippen molar-refractivity contribution in [3.05, 3.63) is 54.2 Å². The highest BCUT2D eigenvalue weighted by atomic mass is 127. The van der Waals surface area contributed by atoms with Gasteiger partial charge in [0, 0.05) is 9.37 Å². The highest BCUT2D eigenvalue weighted by Crippen LogP contribution is 2.25. The summed E-state index contributed by atoms with van der Waals surface area (Å²) in [6.07, 6.45) is 0. The van der Waals surface area contributed by atoms with Crippen LogP contribution in [0, 0.1) is 3.57 Å². The third kappa shape index (κ3) is 4.08. The van der Waals surface area contributed by atoms with Gasteiger partial charge in [-0.25, -0.2) is 4.98 Å². The van der Waals surface area contributed by atoms with Gasteiger partial charge in [0.2, 0.25) is 0 Å². The Kier molecular flexibility index (Phi) is 5.68. The minimum Gasteiger partial charge on any atom is -0.309 e. The minimum atomic E-state index is -0.0471. The van der Waals surface area contributed by atoms with Gasteiger partial charge in [-0.3, -0.25) is 4.79 Å². The van der Waals surface area contributed by atoms with Gasteiger partial charge in [0.1, 0.15) is 5.82 Å². The molecule has 106 valence electrons. The molecule has 0 bridgehead atoms. The van der Waals surface area contributed by atoms with Gasteiger partial charge in [0.05, 0.1) is 15.0 Å². The molecule has 0 saturated heterocycles. The minimum absolute atomic E-state index is 0.0471. The molecule has 0 aliphatic heterocycles. The molecule has 3 nitrogen and oxygen atoms in total. The maximum Gasteiger partial charge on any atom is 0.264 e. The first kappa shape index (κ1) is 16.0. The number of hydrogen-bond donors (Lipinski definition) is 1. The standard InChI is InChI=1S/C14H14BrIN2OS/c1-8(2)13-12(16)14(19)18-11(17-13)7-20-10-5-3-4-9(15)6-10/h3-6,8H,7H2,1-2H3,(H,17,18,19). The molecule has 1 heterocycles. The predicted octanol–water partition coefficient (Wildman–Crippen LogP) is 4.55. The topological polar surface area (TPSA) is 45.8 Å². The molecule has 0 atom stereocenters. The normalized spacial score (nSPS) is 11.1. The van der Waals surface area contributed by atoms with Crippen molar-refractivity contribution < 1.29 is 0 Å². The van der Waals surface area contributed by atoms with Gasteiger partial charge in [-0.15, -0.1) is 11.8 Å². The zero-order valence-corrected chi connectivity index (χ0v) is 15.7. The van der Waals surface area contributed by atoms with E-state index in [-0.39, 0.29) is 11.5 Å². The van der Waals surface area contributed by atoms with E-state index in [4.69, 9.17) is 0 Å². The van der Waals surface area contributed by atoms with Crippen molar-refractivity contribution in [2.75, 3.05) is 0 Å². The first-order chi connectivity index (χ1) is 9.47. The number of rotatable bonds is 4. The molecule has 6 heteroatoms. The largest absolute Gasteiger partial charge is 0.309 e. The van der Waals surface area contributed by atoms with Crippen LogP contribution >= 0.6 is 50.3 Å². The number of nitrogens with zero attached hydrogens (tertiary/aromatic N) is 1. The van der Waals surface area contributed by atoms with E-state index >= 15 is 0 Å². The summed E-state index contributed by atoms with van der Waals surface area (Å²) in [4.78, 5) is 20.5. The Bertz CT molecular complexity index is 672. The molecule has 0 amide bonds. The molecule has 0 unspecified atom stereocenters. The summed E-state index contributed by atoms with van der Waals surface area (Å²) in [5, 5.41) is 0. The van der Waals surface area contributed by atoms with Crippen LogP contribution < -0.4 is 5.56 Å². The molecular weight excluding hydrogens is 451 g/mol. The molecule has 1 aromatic heterocycles. The molecule has 0 aliphatic rings. The van der Waals surface area contributed by atoms with Crippen molar-refractivity contribution in [2.45, 2.75) is 30.4 Å². The van der Waals surface area contributed by atoms with E-state index in [9.17, 15) is 4.79 Å². The fraction of sp³-hybridized carbons (Fsp3) is 0.286. The number of halogens is 2. The van der Waals surface area contributed by atoms with E-state index in [0.29, 0.717) is 9.32 Å². The molecule has 0 aliphatic carbocycles. The van der Waals surface area contributed by atoms with Crippen LogP contribution in [0.3, 0.4) is 0 Å². The van der Waals surface area contributed by atoms with E-state index in [1.54, 1.807) is 11.8 Å². The maximum atomic E-state index is 11.9. The third-order valence-corrected chi connectivity index (χ3v) is 5.20. The van der Waals surface area contributed by atoms with E-state index < -0.39 is 0 Å². The number of H-pyrrole nitrogens is 1. The number of aromatic nitrogens is 2. The molecule has 0 radical (unpaired) electrons. The zero-order chi connectivity index (χ0) is 14.7. The number of aromatic amines is 1. The van der Waals surface area contributed by atoms with Crippen LogP contribution in [0.25, 0.3) is 0 Å². The second kappa shape index (κ2) is 7.09. The molecule has 1 aromatic carbocycles. The lowest BCUT2D eigenvalue weighted by Gasteiger charge is -2.09. The van der Waals surface area contributed by atoms with Crippen LogP contribution in [-0.4, -0.2) is 9.97 Å². The molecule has 0 saturated carbocycles. The molecule has 2 rings (SSSR count). The number of hydrogen-bond acceptors (Lipinski definition) is 3. The van der Waals surface area contributed by atoms with Crippen LogP contribution in [0.4, 0.5) is 0 Å². The van der Waals surface area contributed by atoms with Crippen molar-refractivity contribution >= 4 is 50.3 Å². The van der Waals surface area contributed by atoms with Crippen molar-refractivity contribution in [2.24, 2.45) is 0 Å². The van der Waals surface area contributed by atoms with Gasteiger partial charge in [-0.2, -0.15) is 0 Å². The van der Waals surface area contributed by atoms with Gasteiger partial charge < -0.3 is 4.98 Å². The quantitative estimate of drug-likeness (QED) is 0.533. The molecule has 20 heavy (non-hydrogen) atoms. The highest BCUT2D eigenvalue weighted by molar-refractivity contribution is 14.1. The second-order valence-corrected chi connectivity index (χ2v) is 7.66. The molecule has 1 N–H and O–H groups in total. The summed E-state index contributed by atoms with van der Waals surface area (Å²) in [7, 11) is 0. The highest BCUT2D eigenvalue weighted by Gasteiger charge is 2.12. The summed E-state index contributed by atoms with van der Waals surface area (Å²) in [5.41, 5.74) is 0.827. The first-order valence-corrected chi connectivity index (χ1v) is 9.00. The van der Waals surface area contributed by atoms with Gasteiger partial charge in [-0.1, -0.05) is 35.8 Å². The third-order valence-electron chi connectivity index (χ3n) is 2.66. The molecule has 2 aromatic rings. The van der Waals surface area contributed by atoms with Crippen molar-refractivity contribution in [3.63, 3.8) is 0 Å². The SMILES string of the molecule is CC(C)c1nc(CSc2cccc(Br)c2)[nH]c(=O)c1I. The van der Waals surface area contributed by atoms with Crippen LogP contribution in [-0.2, 0) is 5.75 Å². The summed E-state index contributed by atoms with van der Waals surface area (Å²) < 4.78 is 1.74. The molecule has 0 fully saturated rings. The molecular formula is C14H14BrIN2OS. The summed E-state index contributed by atoms with van der Waals surface area (Å²) in [6.45, 7) is 4.10. The lowest BCUT2D eigenvalue weighted by molar-refractivity contribution is 0.783. The maximum absolute atomic E-state index is 11.9. The number of nitrogens with one attached hydrogen (secondary N) is 1. The Morgan fingerprint density at radius 3 is 2.85 bits per heavy atom. The van der Waals surface area contributed by atoms with Crippen molar-refractivity contribution in [1.82, 2.24) is 9.97 Å². The van der Waals surface area contributed by atoms with Gasteiger partial charge >= 0.3 is 0 Å². The van der Waals surface area contributed by atoms with Crippen molar-refractivity contribution in [1.29, 1.82) is 0 Å².